The van der Waals surface area contributed by atoms with Gasteiger partial charge in [0.15, 0.2) is 0 Å². The summed E-state index contributed by atoms with van der Waals surface area (Å²) in [4.78, 5) is 10.3. The highest BCUT2D eigenvalue weighted by atomic mass is 16.1. The summed E-state index contributed by atoms with van der Waals surface area (Å²) in [5, 5.41) is 0. The minimum Gasteiger partial charge on any atom is -0.299 e. The molecule has 0 spiro atoms. The highest BCUT2D eigenvalue weighted by Crippen LogP contribution is 2.39. The first-order chi connectivity index (χ1) is 7.47. The van der Waals surface area contributed by atoms with Crippen molar-refractivity contribution in [1.82, 2.24) is 0 Å². The number of aldehydes is 1. The molecule has 0 aromatic rings. The van der Waals surface area contributed by atoms with Gasteiger partial charge in [0.25, 0.3) is 0 Å². The maximum absolute atomic E-state index is 10.3. The van der Waals surface area contributed by atoms with E-state index in [0.29, 0.717) is 0 Å². The van der Waals surface area contributed by atoms with Gasteiger partial charge in [0.2, 0.25) is 0 Å². The van der Waals surface area contributed by atoms with Gasteiger partial charge < -0.3 is 0 Å². The van der Waals surface area contributed by atoms with Gasteiger partial charge in [-0.1, -0.05) is 31.3 Å². The lowest BCUT2D eigenvalue weighted by molar-refractivity contribution is -0.104. The summed E-state index contributed by atoms with van der Waals surface area (Å²) in [7, 11) is 0. The number of hydrogen-bond donors (Lipinski definition) is 0. The molecule has 1 rings (SSSR count). The van der Waals surface area contributed by atoms with Crippen LogP contribution in [-0.4, -0.2) is 6.29 Å². The predicted molar refractivity (Wildman–Crippen MR) is 67.9 cm³/mol. The highest BCUT2D eigenvalue weighted by Gasteiger charge is 2.27. The first-order valence-electron chi connectivity index (χ1n) is 5.81. The van der Waals surface area contributed by atoms with Gasteiger partial charge in [0.05, 0.1) is 0 Å². The van der Waals surface area contributed by atoms with Gasteiger partial charge in [-0.25, -0.2) is 0 Å². The van der Waals surface area contributed by atoms with Crippen molar-refractivity contribution in [3.8, 4) is 11.8 Å². The van der Waals surface area contributed by atoms with E-state index in [-0.39, 0.29) is 5.41 Å². The number of rotatable bonds is 1. The van der Waals surface area contributed by atoms with Crippen molar-refractivity contribution in [2.45, 2.75) is 47.0 Å². The Morgan fingerprint density at radius 2 is 2.12 bits per heavy atom. The fourth-order valence-corrected chi connectivity index (χ4v) is 2.20. The monoisotopic (exact) mass is 216 g/mol. The third-order valence-corrected chi connectivity index (χ3v) is 3.16. The SMILES string of the molecule is CC1=C(C#C/C(C)=C/C=O)C(C)(C)CCC1. The van der Waals surface area contributed by atoms with Gasteiger partial charge in [-0.3, -0.25) is 4.79 Å². The lowest BCUT2D eigenvalue weighted by Crippen LogP contribution is -2.19. The highest BCUT2D eigenvalue weighted by molar-refractivity contribution is 5.68. The molecule has 0 unspecified atom stereocenters. The van der Waals surface area contributed by atoms with Gasteiger partial charge in [-0.05, 0) is 44.6 Å². The smallest absolute Gasteiger partial charge is 0.143 e. The second-order valence-electron chi connectivity index (χ2n) is 5.13. The number of hydrogen-bond acceptors (Lipinski definition) is 1. The van der Waals surface area contributed by atoms with E-state index in [2.05, 4.69) is 32.6 Å². The second kappa shape index (κ2) is 5.16. The van der Waals surface area contributed by atoms with Crippen LogP contribution < -0.4 is 0 Å². The first kappa shape index (κ1) is 12.8. The van der Waals surface area contributed by atoms with E-state index in [4.69, 9.17) is 0 Å². The standard InChI is InChI=1S/C15H20O/c1-12(9-11-16)7-8-14-13(2)6-5-10-15(14,3)4/h9,11H,5-6,10H2,1-4H3/b12-9+. The summed E-state index contributed by atoms with van der Waals surface area (Å²) in [6, 6.07) is 0. The fraction of sp³-hybridized carbons (Fsp3) is 0.533. The average Bonchev–Trinajstić information content (AvgIpc) is 2.16. The zero-order valence-electron chi connectivity index (χ0n) is 10.7. The summed E-state index contributed by atoms with van der Waals surface area (Å²) >= 11 is 0. The molecule has 16 heavy (non-hydrogen) atoms. The molecule has 0 aromatic carbocycles. The van der Waals surface area contributed by atoms with Crippen LogP contribution in [0.15, 0.2) is 22.8 Å². The summed E-state index contributed by atoms with van der Waals surface area (Å²) < 4.78 is 0. The summed E-state index contributed by atoms with van der Waals surface area (Å²) in [6.07, 6.45) is 5.91. The molecule has 0 bridgehead atoms. The van der Waals surface area contributed by atoms with Crippen LogP contribution in [0.5, 0.6) is 0 Å². The molecule has 0 heterocycles. The zero-order valence-corrected chi connectivity index (χ0v) is 10.7. The summed E-state index contributed by atoms with van der Waals surface area (Å²) in [5.41, 5.74) is 3.69. The molecule has 0 N–H and O–H groups in total. The quantitative estimate of drug-likeness (QED) is 0.371. The third kappa shape index (κ3) is 3.10. The van der Waals surface area contributed by atoms with E-state index < -0.39 is 0 Å². The predicted octanol–water partition coefficient (Wildman–Crippen LogP) is 3.66. The van der Waals surface area contributed by atoms with Crippen LogP contribution >= 0.6 is 0 Å². The van der Waals surface area contributed by atoms with Crippen LogP contribution in [0.1, 0.15) is 47.0 Å². The lowest BCUT2D eigenvalue weighted by atomic mass is 9.73. The lowest BCUT2D eigenvalue weighted by Gasteiger charge is -2.31. The molecule has 0 saturated carbocycles. The molecule has 0 saturated heterocycles. The normalized spacial score (nSPS) is 20.1. The van der Waals surface area contributed by atoms with Crippen LogP contribution in [0.2, 0.25) is 0 Å². The fourth-order valence-electron chi connectivity index (χ4n) is 2.20. The Hall–Kier alpha value is -1.29. The van der Waals surface area contributed by atoms with Gasteiger partial charge >= 0.3 is 0 Å². The van der Waals surface area contributed by atoms with E-state index >= 15 is 0 Å². The van der Waals surface area contributed by atoms with E-state index in [1.807, 2.05) is 6.92 Å². The molecule has 1 nitrogen and oxygen atoms in total. The largest absolute Gasteiger partial charge is 0.299 e. The van der Waals surface area contributed by atoms with Crippen molar-refractivity contribution in [3.05, 3.63) is 22.8 Å². The molecular formula is C15H20O. The van der Waals surface area contributed by atoms with Crippen molar-refractivity contribution in [2.75, 3.05) is 0 Å². The van der Waals surface area contributed by atoms with Crippen molar-refractivity contribution in [2.24, 2.45) is 5.41 Å². The topological polar surface area (TPSA) is 17.1 Å². The minimum atomic E-state index is 0.191. The molecule has 0 atom stereocenters. The molecular weight excluding hydrogens is 196 g/mol. The maximum atomic E-state index is 10.3. The molecule has 0 aliphatic heterocycles. The van der Waals surface area contributed by atoms with Gasteiger partial charge in [0.1, 0.15) is 6.29 Å². The van der Waals surface area contributed by atoms with E-state index in [1.54, 1.807) is 0 Å². The van der Waals surface area contributed by atoms with Crippen molar-refractivity contribution < 1.29 is 4.79 Å². The maximum Gasteiger partial charge on any atom is 0.143 e. The van der Waals surface area contributed by atoms with Crippen LogP contribution in [0.25, 0.3) is 0 Å². The molecule has 1 aliphatic rings. The number of allylic oxidation sites excluding steroid dienone is 4. The molecule has 0 aromatic heterocycles. The first-order valence-corrected chi connectivity index (χ1v) is 5.81. The molecule has 1 aliphatic carbocycles. The third-order valence-electron chi connectivity index (χ3n) is 3.16. The molecule has 86 valence electrons. The van der Waals surface area contributed by atoms with Crippen molar-refractivity contribution in [1.29, 1.82) is 0 Å². The molecule has 0 radical (unpaired) electrons. The van der Waals surface area contributed by atoms with E-state index in [0.717, 1.165) is 18.3 Å². The molecule has 0 fully saturated rings. The summed E-state index contributed by atoms with van der Waals surface area (Å²) in [5.74, 6) is 6.31. The van der Waals surface area contributed by atoms with Crippen molar-refractivity contribution >= 4 is 6.29 Å². The van der Waals surface area contributed by atoms with E-state index in [9.17, 15) is 4.79 Å². The van der Waals surface area contributed by atoms with Crippen LogP contribution in [-0.2, 0) is 4.79 Å². The van der Waals surface area contributed by atoms with Crippen LogP contribution in [0, 0.1) is 17.3 Å². The Morgan fingerprint density at radius 1 is 1.44 bits per heavy atom. The number of carbonyl (C=O) groups is 1. The van der Waals surface area contributed by atoms with Crippen molar-refractivity contribution in [3.63, 3.8) is 0 Å². The van der Waals surface area contributed by atoms with Gasteiger partial charge in [-0.2, -0.15) is 0 Å². The van der Waals surface area contributed by atoms with Crippen LogP contribution in [0.4, 0.5) is 0 Å². The Kier molecular flexibility index (Phi) is 4.12. The zero-order chi connectivity index (χ0) is 12.2. The Labute approximate surface area is 98.6 Å². The summed E-state index contributed by atoms with van der Waals surface area (Å²) in [6.45, 7) is 8.54. The second-order valence-corrected chi connectivity index (χ2v) is 5.13. The van der Waals surface area contributed by atoms with E-state index in [1.165, 1.54) is 30.1 Å². The molecule has 0 amide bonds. The Morgan fingerprint density at radius 3 is 2.69 bits per heavy atom. The molecule has 1 heteroatoms. The Bertz CT molecular complexity index is 397. The van der Waals surface area contributed by atoms with Gasteiger partial charge in [0, 0.05) is 11.1 Å². The number of carbonyl (C=O) groups excluding carboxylic acids is 1. The van der Waals surface area contributed by atoms with Crippen LogP contribution in [0.3, 0.4) is 0 Å². The van der Waals surface area contributed by atoms with Gasteiger partial charge in [-0.15, -0.1) is 0 Å². The Balaban J connectivity index is 3.02. The average molecular weight is 216 g/mol. The minimum absolute atomic E-state index is 0.191.